The van der Waals surface area contributed by atoms with Crippen LogP contribution in [-0.4, -0.2) is 19.3 Å². The van der Waals surface area contributed by atoms with Gasteiger partial charge in [-0.1, -0.05) is 30.3 Å². The molecule has 0 aromatic heterocycles. The van der Waals surface area contributed by atoms with Gasteiger partial charge in [-0.3, -0.25) is 11.3 Å². The normalized spacial score (nSPS) is 15.4. The van der Waals surface area contributed by atoms with Gasteiger partial charge in [-0.15, -0.1) is 0 Å². The third-order valence-corrected chi connectivity index (χ3v) is 2.70. The molecule has 0 spiro atoms. The second-order valence-corrected chi connectivity index (χ2v) is 3.99. The summed E-state index contributed by atoms with van der Waals surface area (Å²) in [6.45, 7) is 0. The van der Waals surface area contributed by atoms with E-state index in [1.54, 1.807) is 24.3 Å². The van der Waals surface area contributed by atoms with Crippen LogP contribution in [0.5, 0.6) is 0 Å². The van der Waals surface area contributed by atoms with Crippen LogP contribution < -0.4 is 11.3 Å². The number of methoxy groups -OCH3 is 1. The van der Waals surface area contributed by atoms with Crippen LogP contribution in [0.3, 0.4) is 0 Å². The predicted octanol–water partition coefficient (Wildman–Crippen LogP) is 2.55. The lowest BCUT2D eigenvalue weighted by molar-refractivity contribution is -0.138. The van der Waals surface area contributed by atoms with Gasteiger partial charge in [0.05, 0.1) is 12.1 Å². The van der Waals surface area contributed by atoms with Gasteiger partial charge < -0.3 is 4.74 Å². The Bertz CT molecular complexity index is 343. The summed E-state index contributed by atoms with van der Waals surface area (Å²) >= 11 is 0. The standard InChI is InChI=1S/C12H17F3N2O/c1-18-11(9-5-3-2-4-6-9)10(17-16)7-8-12(13,14)15/h2-6,10-11,17H,7-8,16H2,1H3. The second-order valence-electron chi connectivity index (χ2n) is 3.99. The maximum Gasteiger partial charge on any atom is 0.389 e. The average Bonchev–Trinajstić information content (AvgIpc) is 2.34. The minimum atomic E-state index is -4.19. The van der Waals surface area contributed by atoms with Crippen molar-refractivity contribution in [3.05, 3.63) is 35.9 Å². The van der Waals surface area contributed by atoms with Crippen LogP contribution in [-0.2, 0) is 4.74 Å². The van der Waals surface area contributed by atoms with Crippen LogP contribution in [0.25, 0.3) is 0 Å². The van der Waals surface area contributed by atoms with Crippen LogP contribution in [0.4, 0.5) is 13.2 Å². The zero-order chi connectivity index (χ0) is 13.6. The number of hydrogen-bond acceptors (Lipinski definition) is 3. The van der Waals surface area contributed by atoms with E-state index in [0.717, 1.165) is 5.56 Å². The molecule has 0 heterocycles. The summed E-state index contributed by atoms with van der Waals surface area (Å²) in [6, 6.07) is 8.45. The lowest BCUT2D eigenvalue weighted by atomic mass is 9.98. The molecule has 0 fully saturated rings. The number of ether oxygens (including phenoxy) is 1. The first-order valence-electron chi connectivity index (χ1n) is 5.58. The van der Waals surface area contributed by atoms with Crippen molar-refractivity contribution >= 4 is 0 Å². The molecule has 18 heavy (non-hydrogen) atoms. The summed E-state index contributed by atoms with van der Waals surface area (Å²) in [5, 5.41) is 0. The maximum atomic E-state index is 12.2. The predicted molar refractivity (Wildman–Crippen MR) is 62.6 cm³/mol. The zero-order valence-corrected chi connectivity index (χ0v) is 10.1. The fourth-order valence-corrected chi connectivity index (χ4v) is 1.82. The van der Waals surface area contributed by atoms with Gasteiger partial charge in [0.15, 0.2) is 0 Å². The van der Waals surface area contributed by atoms with E-state index in [2.05, 4.69) is 5.43 Å². The molecule has 1 rings (SSSR count). The van der Waals surface area contributed by atoms with Crippen molar-refractivity contribution in [1.29, 1.82) is 0 Å². The molecular formula is C12H17F3N2O. The van der Waals surface area contributed by atoms with Gasteiger partial charge in [0, 0.05) is 13.5 Å². The maximum absolute atomic E-state index is 12.2. The summed E-state index contributed by atoms with van der Waals surface area (Å²) in [6.07, 6.45) is -5.72. The van der Waals surface area contributed by atoms with E-state index in [1.807, 2.05) is 6.07 Å². The number of halogens is 3. The number of alkyl halides is 3. The van der Waals surface area contributed by atoms with Gasteiger partial charge in [0.2, 0.25) is 0 Å². The molecular weight excluding hydrogens is 245 g/mol. The molecule has 0 amide bonds. The molecule has 3 N–H and O–H groups in total. The summed E-state index contributed by atoms with van der Waals surface area (Å²) < 4.78 is 41.9. The largest absolute Gasteiger partial charge is 0.389 e. The molecule has 3 nitrogen and oxygen atoms in total. The van der Waals surface area contributed by atoms with Crippen molar-refractivity contribution in [2.24, 2.45) is 5.84 Å². The summed E-state index contributed by atoms with van der Waals surface area (Å²) in [4.78, 5) is 0. The Hall–Kier alpha value is -1.11. The van der Waals surface area contributed by atoms with Gasteiger partial charge in [0.25, 0.3) is 0 Å². The Balaban J connectivity index is 2.72. The lowest BCUT2D eigenvalue weighted by Gasteiger charge is -2.26. The minimum absolute atomic E-state index is 0.132. The van der Waals surface area contributed by atoms with E-state index < -0.39 is 24.7 Å². The Morgan fingerprint density at radius 1 is 1.28 bits per heavy atom. The van der Waals surface area contributed by atoms with Crippen molar-refractivity contribution in [1.82, 2.24) is 5.43 Å². The number of benzene rings is 1. The monoisotopic (exact) mass is 262 g/mol. The molecule has 0 aliphatic carbocycles. The van der Waals surface area contributed by atoms with E-state index in [1.165, 1.54) is 7.11 Å². The van der Waals surface area contributed by atoms with Crippen molar-refractivity contribution in [3.8, 4) is 0 Å². The van der Waals surface area contributed by atoms with Gasteiger partial charge >= 0.3 is 6.18 Å². The average molecular weight is 262 g/mol. The molecule has 0 aliphatic rings. The van der Waals surface area contributed by atoms with E-state index in [9.17, 15) is 13.2 Å². The van der Waals surface area contributed by atoms with Crippen LogP contribution in [0.15, 0.2) is 30.3 Å². The molecule has 102 valence electrons. The Morgan fingerprint density at radius 3 is 2.33 bits per heavy atom. The molecule has 0 radical (unpaired) electrons. The Morgan fingerprint density at radius 2 is 1.89 bits per heavy atom. The van der Waals surface area contributed by atoms with Gasteiger partial charge in [0.1, 0.15) is 0 Å². The third kappa shape index (κ3) is 4.64. The molecule has 1 aromatic carbocycles. The van der Waals surface area contributed by atoms with Crippen LogP contribution >= 0.6 is 0 Å². The van der Waals surface area contributed by atoms with Crippen molar-refractivity contribution in [3.63, 3.8) is 0 Å². The quantitative estimate of drug-likeness (QED) is 0.612. The Kier molecular flexibility index (Phi) is 5.58. The highest BCUT2D eigenvalue weighted by atomic mass is 19.4. The van der Waals surface area contributed by atoms with E-state index in [0.29, 0.717) is 0 Å². The number of hydrogen-bond donors (Lipinski definition) is 2. The minimum Gasteiger partial charge on any atom is -0.375 e. The van der Waals surface area contributed by atoms with Gasteiger partial charge in [-0.05, 0) is 12.0 Å². The zero-order valence-electron chi connectivity index (χ0n) is 10.1. The first-order valence-corrected chi connectivity index (χ1v) is 5.58. The number of hydrazine groups is 1. The van der Waals surface area contributed by atoms with Crippen LogP contribution in [0.1, 0.15) is 24.5 Å². The first-order chi connectivity index (χ1) is 8.48. The molecule has 2 atom stereocenters. The van der Waals surface area contributed by atoms with Crippen LogP contribution in [0.2, 0.25) is 0 Å². The number of rotatable bonds is 6. The SMILES string of the molecule is COC(c1ccccc1)C(CCC(F)(F)F)NN. The molecule has 2 unspecified atom stereocenters. The van der Waals surface area contributed by atoms with Gasteiger partial charge in [-0.2, -0.15) is 13.2 Å². The summed E-state index contributed by atoms with van der Waals surface area (Å²) in [5.74, 6) is 5.32. The van der Waals surface area contributed by atoms with Crippen molar-refractivity contribution in [2.45, 2.75) is 31.2 Å². The van der Waals surface area contributed by atoms with Gasteiger partial charge in [-0.25, -0.2) is 0 Å². The molecule has 0 saturated carbocycles. The smallest absolute Gasteiger partial charge is 0.375 e. The third-order valence-electron chi connectivity index (χ3n) is 2.70. The number of nitrogens with two attached hydrogens (primary N) is 1. The van der Waals surface area contributed by atoms with E-state index >= 15 is 0 Å². The van der Waals surface area contributed by atoms with Crippen molar-refractivity contribution in [2.75, 3.05) is 7.11 Å². The topological polar surface area (TPSA) is 47.3 Å². The highest BCUT2D eigenvalue weighted by Gasteiger charge is 2.31. The van der Waals surface area contributed by atoms with E-state index in [-0.39, 0.29) is 6.42 Å². The highest BCUT2D eigenvalue weighted by molar-refractivity contribution is 5.19. The molecule has 1 aromatic rings. The Labute approximate surface area is 104 Å². The van der Waals surface area contributed by atoms with E-state index in [4.69, 9.17) is 10.6 Å². The molecule has 6 heteroatoms. The highest BCUT2D eigenvalue weighted by Crippen LogP contribution is 2.28. The summed E-state index contributed by atoms with van der Waals surface area (Å²) in [7, 11) is 1.45. The lowest BCUT2D eigenvalue weighted by Crippen LogP contribution is -2.41. The second kappa shape index (κ2) is 6.72. The van der Waals surface area contributed by atoms with Crippen molar-refractivity contribution < 1.29 is 17.9 Å². The summed E-state index contributed by atoms with van der Waals surface area (Å²) in [5.41, 5.74) is 3.20. The molecule has 0 saturated heterocycles. The fourth-order valence-electron chi connectivity index (χ4n) is 1.82. The molecule has 0 aliphatic heterocycles. The fraction of sp³-hybridized carbons (Fsp3) is 0.500. The number of nitrogens with one attached hydrogen (secondary N) is 1. The van der Waals surface area contributed by atoms with Crippen LogP contribution in [0, 0.1) is 0 Å². The first kappa shape index (κ1) is 14.9. The molecule has 0 bridgehead atoms.